The lowest BCUT2D eigenvalue weighted by Crippen LogP contribution is -2.33. The molecule has 2 bridgehead atoms. The van der Waals surface area contributed by atoms with Gasteiger partial charge in [-0.15, -0.1) is 0 Å². The van der Waals surface area contributed by atoms with E-state index in [0.717, 1.165) is 41.3 Å². The molecule has 1 aromatic carbocycles. The van der Waals surface area contributed by atoms with E-state index in [2.05, 4.69) is 20.6 Å². The Morgan fingerprint density at radius 3 is 2.86 bits per heavy atom. The van der Waals surface area contributed by atoms with Gasteiger partial charge in [-0.1, -0.05) is 24.3 Å². The minimum Gasteiger partial charge on any atom is -0.383 e. The highest BCUT2D eigenvalue weighted by molar-refractivity contribution is 6.06. The molecule has 212 valence electrons. The number of fused-ring (bicyclic) bond motifs is 3. The lowest BCUT2D eigenvalue weighted by atomic mass is 10.0. The predicted octanol–water partition coefficient (Wildman–Crippen LogP) is 4.23. The summed E-state index contributed by atoms with van der Waals surface area (Å²) >= 11 is 0. The molecule has 1 aliphatic heterocycles. The number of ether oxygens (including phenoxy) is 1. The lowest BCUT2D eigenvalue weighted by Gasteiger charge is -2.15. The number of aromatic nitrogens is 4. The van der Waals surface area contributed by atoms with Crippen LogP contribution in [0.25, 0.3) is 28.2 Å². The molecule has 4 heterocycles. The molecule has 0 radical (unpaired) electrons. The fourth-order valence-electron chi connectivity index (χ4n) is 5.58. The number of nitrogens with two attached hydrogens (primary N) is 1. The minimum atomic E-state index is -0.343. The maximum absolute atomic E-state index is 12.9. The highest BCUT2D eigenvalue weighted by Crippen LogP contribution is 2.39. The molecule has 1 fully saturated rings. The molecule has 2 amide bonds. The number of nitrogen functional groups attached to an aromatic ring is 1. The molecule has 4 N–H and O–H groups in total. The third-order valence-electron chi connectivity index (χ3n) is 7.65. The number of anilines is 2. The number of carbonyl (C=O) groups excluding carboxylic acids is 2. The number of hydrogen-bond acceptors (Lipinski definition) is 8. The van der Waals surface area contributed by atoms with Gasteiger partial charge < -0.3 is 21.1 Å². The number of nitriles is 1. The number of nitrogens with zero attached hydrogens (tertiary/aromatic N) is 5. The van der Waals surface area contributed by atoms with Crippen molar-refractivity contribution in [1.29, 1.82) is 5.26 Å². The molecular weight excluding hydrogens is 532 g/mol. The van der Waals surface area contributed by atoms with Crippen LogP contribution in [0.3, 0.4) is 0 Å². The number of rotatable bonds is 3. The van der Waals surface area contributed by atoms with Crippen LogP contribution in [-0.4, -0.2) is 50.8 Å². The van der Waals surface area contributed by atoms with Gasteiger partial charge >= 0.3 is 0 Å². The Morgan fingerprint density at radius 1 is 1.17 bits per heavy atom. The molecule has 1 saturated carbocycles. The van der Waals surface area contributed by atoms with Gasteiger partial charge in [0, 0.05) is 41.5 Å². The molecule has 0 saturated heterocycles. The molecule has 4 aromatic rings. The molecule has 0 spiro atoms. The van der Waals surface area contributed by atoms with Crippen LogP contribution < -0.4 is 16.4 Å². The third-order valence-corrected chi connectivity index (χ3v) is 7.65. The van der Waals surface area contributed by atoms with Gasteiger partial charge in [-0.2, -0.15) is 10.4 Å². The van der Waals surface area contributed by atoms with E-state index in [1.807, 2.05) is 35.0 Å². The highest BCUT2D eigenvalue weighted by Gasteiger charge is 2.31. The van der Waals surface area contributed by atoms with Crippen molar-refractivity contribution < 1.29 is 14.3 Å². The summed E-state index contributed by atoms with van der Waals surface area (Å²) in [5.41, 5.74) is 10.6. The lowest BCUT2D eigenvalue weighted by molar-refractivity contribution is -0.122. The molecule has 0 unspecified atom stereocenters. The number of pyridine rings is 2. The van der Waals surface area contributed by atoms with E-state index >= 15 is 0 Å². The average molecular weight is 563 g/mol. The van der Waals surface area contributed by atoms with Crippen molar-refractivity contribution in [3.8, 4) is 17.3 Å². The van der Waals surface area contributed by atoms with Gasteiger partial charge in [0.15, 0.2) is 0 Å². The van der Waals surface area contributed by atoms with Crippen molar-refractivity contribution in [1.82, 2.24) is 25.1 Å². The van der Waals surface area contributed by atoms with Crippen molar-refractivity contribution in [2.24, 2.45) is 0 Å². The SMILES string of the molecule is N#Cc1ccnc(NC(=O)c2ccc(-c3nn4c5c(cnc(N)c35)/C=C/CCOCCC(=O)N[C@@H]3CC[C@@H]4C3)cc2)c1. The van der Waals surface area contributed by atoms with Gasteiger partial charge in [0.25, 0.3) is 5.91 Å². The first-order valence-electron chi connectivity index (χ1n) is 14.0. The van der Waals surface area contributed by atoms with Crippen LogP contribution in [0, 0.1) is 11.3 Å². The van der Waals surface area contributed by atoms with Gasteiger partial charge in [0.2, 0.25) is 5.91 Å². The van der Waals surface area contributed by atoms with Crippen LogP contribution in [0.2, 0.25) is 0 Å². The van der Waals surface area contributed by atoms with Crippen LogP contribution >= 0.6 is 0 Å². The fourth-order valence-corrected chi connectivity index (χ4v) is 5.58. The van der Waals surface area contributed by atoms with Crippen LogP contribution in [-0.2, 0) is 9.53 Å². The van der Waals surface area contributed by atoms with E-state index in [4.69, 9.17) is 20.8 Å². The zero-order chi connectivity index (χ0) is 29.1. The summed E-state index contributed by atoms with van der Waals surface area (Å²) in [6.07, 6.45) is 10.8. The van der Waals surface area contributed by atoms with Crippen LogP contribution in [0.5, 0.6) is 0 Å². The summed E-state index contributed by atoms with van der Waals surface area (Å²) in [7, 11) is 0. The van der Waals surface area contributed by atoms with Gasteiger partial charge in [-0.3, -0.25) is 14.3 Å². The number of hydrogen-bond donors (Lipinski definition) is 3. The Labute approximate surface area is 242 Å². The maximum Gasteiger partial charge on any atom is 0.256 e. The monoisotopic (exact) mass is 562 g/mol. The van der Waals surface area contributed by atoms with Crippen LogP contribution in [0.15, 0.2) is 54.9 Å². The molecule has 1 aliphatic carbocycles. The minimum absolute atomic E-state index is 0.00360. The van der Waals surface area contributed by atoms with E-state index in [1.54, 1.807) is 24.4 Å². The molecule has 11 nitrogen and oxygen atoms in total. The van der Waals surface area contributed by atoms with E-state index in [-0.39, 0.29) is 23.9 Å². The molecule has 2 atom stereocenters. The zero-order valence-corrected chi connectivity index (χ0v) is 22.9. The summed E-state index contributed by atoms with van der Waals surface area (Å²) in [5, 5.41) is 20.8. The Balaban J connectivity index is 1.36. The van der Waals surface area contributed by atoms with E-state index in [9.17, 15) is 9.59 Å². The number of amides is 2. The molecular formula is C31H30N8O3. The summed E-state index contributed by atoms with van der Waals surface area (Å²) in [4.78, 5) is 33.9. The van der Waals surface area contributed by atoms with Crippen LogP contribution in [0.1, 0.15) is 59.6 Å². The quantitative estimate of drug-likeness (QED) is 0.334. The summed E-state index contributed by atoms with van der Waals surface area (Å²) < 4.78 is 7.68. The first kappa shape index (κ1) is 27.1. The second kappa shape index (κ2) is 11.8. The van der Waals surface area contributed by atoms with Crippen molar-refractivity contribution in [2.75, 3.05) is 24.3 Å². The van der Waals surface area contributed by atoms with E-state index in [1.165, 1.54) is 12.3 Å². The normalized spacial score (nSPS) is 19.7. The molecule has 2 aliphatic rings. The van der Waals surface area contributed by atoms with Gasteiger partial charge in [0.1, 0.15) is 17.3 Å². The molecule has 3 aromatic heterocycles. The Hall–Kier alpha value is -5.08. The zero-order valence-electron chi connectivity index (χ0n) is 22.9. The van der Waals surface area contributed by atoms with Gasteiger partial charge in [-0.25, -0.2) is 9.97 Å². The Morgan fingerprint density at radius 2 is 2.02 bits per heavy atom. The average Bonchev–Trinajstić information content (AvgIpc) is 3.63. The molecule has 42 heavy (non-hydrogen) atoms. The summed E-state index contributed by atoms with van der Waals surface area (Å²) in [6.45, 7) is 0.922. The van der Waals surface area contributed by atoms with E-state index in [0.29, 0.717) is 54.5 Å². The highest BCUT2D eigenvalue weighted by atomic mass is 16.5. The summed E-state index contributed by atoms with van der Waals surface area (Å²) in [6, 6.07) is 12.4. The topological polar surface area (TPSA) is 161 Å². The maximum atomic E-state index is 12.9. The smallest absolute Gasteiger partial charge is 0.256 e. The first-order chi connectivity index (χ1) is 20.5. The Bertz CT molecular complexity index is 1720. The van der Waals surface area contributed by atoms with Gasteiger partial charge in [-0.05, 0) is 49.9 Å². The van der Waals surface area contributed by atoms with Crippen molar-refractivity contribution in [3.05, 3.63) is 71.6 Å². The first-order valence-corrected chi connectivity index (χ1v) is 14.0. The standard InChI is InChI=1S/C31H30N8O3/c32-17-19-10-12-34-25(15-19)37-31(41)21-6-4-20(5-7-21)28-27-29-22(18-35-30(27)33)3-1-2-13-42-14-11-26(40)36-23-8-9-24(16-23)39(29)38-28/h1,3-7,10,12,15,18,23-24H,2,8-9,11,13-14,16H2,(H2,33,35)(H,36,40)(H,34,37,41)/b3-1+/t23-,24-/m1/s1. The number of carbonyl (C=O) groups is 2. The summed E-state index contributed by atoms with van der Waals surface area (Å²) in [5.74, 6) is 0.335. The Kier molecular flexibility index (Phi) is 7.62. The third kappa shape index (κ3) is 5.57. The van der Waals surface area contributed by atoms with E-state index < -0.39 is 0 Å². The van der Waals surface area contributed by atoms with Gasteiger partial charge in [0.05, 0.1) is 41.8 Å². The van der Waals surface area contributed by atoms with Crippen molar-refractivity contribution >= 4 is 40.4 Å². The second-order valence-electron chi connectivity index (χ2n) is 10.5. The van der Waals surface area contributed by atoms with Crippen LogP contribution in [0.4, 0.5) is 11.6 Å². The fraction of sp³-hybridized carbons (Fsp3) is 0.290. The van der Waals surface area contributed by atoms with Crippen molar-refractivity contribution in [3.63, 3.8) is 0 Å². The largest absolute Gasteiger partial charge is 0.383 e. The number of nitrogens with one attached hydrogen (secondary N) is 2. The van der Waals surface area contributed by atoms with Crippen molar-refractivity contribution in [2.45, 2.75) is 44.2 Å². The second-order valence-corrected chi connectivity index (χ2v) is 10.5. The number of benzene rings is 1. The molecule has 11 heteroatoms. The molecule has 6 rings (SSSR count). The predicted molar refractivity (Wildman–Crippen MR) is 158 cm³/mol.